The van der Waals surface area contributed by atoms with Crippen LogP contribution < -0.4 is 0 Å². The van der Waals surface area contributed by atoms with E-state index in [4.69, 9.17) is 9.47 Å². The van der Waals surface area contributed by atoms with Crippen LogP contribution in [0.5, 0.6) is 0 Å². The Morgan fingerprint density at radius 3 is 1.69 bits per heavy atom. The van der Waals surface area contributed by atoms with E-state index in [1.807, 2.05) is 0 Å². The van der Waals surface area contributed by atoms with Gasteiger partial charge in [-0.3, -0.25) is 19.0 Å². The summed E-state index contributed by atoms with van der Waals surface area (Å²) in [6, 6.07) is 3.44. The number of methoxy groups -OCH3 is 2. The van der Waals surface area contributed by atoms with Gasteiger partial charge in [0.25, 0.3) is 11.8 Å². The first-order chi connectivity index (χ1) is 14.2. The molecule has 0 N–H and O–H groups in total. The molecule has 0 aromatic carbocycles. The molecule has 158 valence electrons. The van der Waals surface area contributed by atoms with E-state index >= 15 is 0 Å². The molecule has 3 heterocycles. The quantitative estimate of drug-likeness (QED) is 0.631. The molecule has 2 aromatic heterocycles. The number of carbonyl (C=O) groups excluding carboxylic acids is 2. The van der Waals surface area contributed by atoms with E-state index in [1.54, 1.807) is 57.9 Å². The van der Waals surface area contributed by atoms with E-state index in [-0.39, 0.29) is 11.8 Å². The van der Waals surface area contributed by atoms with Crippen LogP contribution in [0.1, 0.15) is 27.4 Å². The molecule has 0 aliphatic carbocycles. The van der Waals surface area contributed by atoms with Crippen LogP contribution in [-0.4, -0.2) is 94.8 Å². The predicted octanol–water partition coefficient (Wildman–Crippen LogP) is 0.361. The summed E-state index contributed by atoms with van der Waals surface area (Å²) >= 11 is 0. The molecule has 1 saturated heterocycles. The first-order valence-electron chi connectivity index (χ1n) is 9.75. The van der Waals surface area contributed by atoms with Crippen LogP contribution in [0.2, 0.25) is 0 Å². The van der Waals surface area contributed by atoms with E-state index < -0.39 is 0 Å². The predicted molar refractivity (Wildman–Crippen MR) is 105 cm³/mol. The molecule has 0 bridgehead atoms. The minimum atomic E-state index is -0.0713. The fraction of sp³-hybridized carbons (Fsp3) is 0.579. The van der Waals surface area contributed by atoms with Gasteiger partial charge in [0.1, 0.15) is 11.4 Å². The van der Waals surface area contributed by atoms with E-state index in [0.29, 0.717) is 63.9 Å². The lowest BCUT2D eigenvalue weighted by molar-refractivity contribution is 0.0702. The number of carbonyl (C=O) groups is 2. The molecule has 0 spiro atoms. The van der Waals surface area contributed by atoms with Crippen molar-refractivity contribution in [1.82, 2.24) is 29.4 Å². The molecular weight excluding hydrogens is 376 g/mol. The van der Waals surface area contributed by atoms with E-state index in [0.717, 1.165) is 6.42 Å². The summed E-state index contributed by atoms with van der Waals surface area (Å²) in [6.07, 6.45) is 3.96. The fourth-order valence-electron chi connectivity index (χ4n) is 3.39. The fourth-order valence-corrected chi connectivity index (χ4v) is 3.39. The Labute approximate surface area is 170 Å². The molecule has 29 heavy (non-hydrogen) atoms. The molecule has 2 aromatic rings. The molecule has 3 rings (SSSR count). The molecule has 0 radical (unpaired) electrons. The van der Waals surface area contributed by atoms with Crippen LogP contribution in [0, 0.1) is 0 Å². The number of amides is 2. The SMILES string of the molecule is COCCn1nccc1C(=O)N1CCCN(C(=O)c2ccnn2CCOC)CC1. The Bertz CT molecular complexity index is 751. The lowest BCUT2D eigenvalue weighted by Gasteiger charge is -2.22. The van der Waals surface area contributed by atoms with Gasteiger partial charge in [0.05, 0.1) is 26.3 Å². The van der Waals surface area contributed by atoms with Gasteiger partial charge in [-0.05, 0) is 18.6 Å². The third-order valence-corrected chi connectivity index (χ3v) is 4.96. The van der Waals surface area contributed by atoms with Crippen LogP contribution in [0.25, 0.3) is 0 Å². The monoisotopic (exact) mass is 404 g/mol. The standard InChI is InChI=1S/C19H28N6O4/c1-28-14-12-24-16(4-6-20-24)18(26)22-8-3-9-23(11-10-22)19(27)17-5-7-21-25(17)13-15-29-2/h4-7H,3,8-15H2,1-2H3. The average molecular weight is 404 g/mol. The van der Waals surface area contributed by atoms with Crippen LogP contribution >= 0.6 is 0 Å². The molecule has 10 nitrogen and oxygen atoms in total. The number of hydrogen-bond donors (Lipinski definition) is 0. The minimum absolute atomic E-state index is 0.0713. The highest BCUT2D eigenvalue weighted by atomic mass is 16.5. The van der Waals surface area contributed by atoms with Crippen LogP contribution in [0.15, 0.2) is 24.5 Å². The summed E-state index contributed by atoms with van der Waals surface area (Å²) in [5.41, 5.74) is 1.08. The summed E-state index contributed by atoms with van der Waals surface area (Å²) in [4.78, 5) is 29.5. The van der Waals surface area contributed by atoms with Gasteiger partial charge in [0, 0.05) is 52.8 Å². The summed E-state index contributed by atoms with van der Waals surface area (Å²) in [6.45, 7) is 4.17. The molecule has 2 amide bonds. The number of rotatable bonds is 8. The summed E-state index contributed by atoms with van der Waals surface area (Å²) in [5.74, 6) is -0.143. The van der Waals surface area contributed by atoms with Gasteiger partial charge in [-0.15, -0.1) is 0 Å². The molecule has 1 fully saturated rings. The van der Waals surface area contributed by atoms with Crippen molar-refractivity contribution in [2.45, 2.75) is 19.5 Å². The molecular formula is C19H28N6O4. The number of ether oxygens (including phenoxy) is 2. The Morgan fingerprint density at radius 2 is 1.28 bits per heavy atom. The highest BCUT2D eigenvalue weighted by Gasteiger charge is 2.26. The van der Waals surface area contributed by atoms with Gasteiger partial charge in [-0.25, -0.2) is 0 Å². The summed E-state index contributed by atoms with van der Waals surface area (Å²) < 4.78 is 13.5. The third-order valence-electron chi connectivity index (χ3n) is 4.96. The maximum atomic E-state index is 13.0. The number of hydrogen-bond acceptors (Lipinski definition) is 6. The Kier molecular flexibility index (Phi) is 7.36. The second-order valence-electron chi connectivity index (χ2n) is 6.80. The zero-order valence-corrected chi connectivity index (χ0v) is 17.0. The molecule has 10 heteroatoms. The second-order valence-corrected chi connectivity index (χ2v) is 6.80. The normalized spacial score (nSPS) is 14.8. The third kappa shape index (κ3) is 5.01. The zero-order valence-electron chi connectivity index (χ0n) is 17.0. The van der Waals surface area contributed by atoms with Crippen molar-refractivity contribution in [2.24, 2.45) is 0 Å². The molecule has 1 aliphatic heterocycles. The maximum absolute atomic E-state index is 13.0. The van der Waals surface area contributed by atoms with Crippen molar-refractivity contribution in [3.05, 3.63) is 35.9 Å². The van der Waals surface area contributed by atoms with Crippen molar-refractivity contribution < 1.29 is 19.1 Å². The maximum Gasteiger partial charge on any atom is 0.272 e. The van der Waals surface area contributed by atoms with Crippen molar-refractivity contribution >= 4 is 11.8 Å². The van der Waals surface area contributed by atoms with E-state index in [9.17, 15) is 9.59 Å². The Balaban J connectivity index is 1.63. The van der Waals surface area contributed by atoms with Crippen molar-refractivity contribution in [3.8, 4) is 0 Å². The topological polar surface area (TPSA) is 94.7 Å². The highest BCUT2D eigenvalue weighted by molar-refractivity contribution is 5.93. The Morgan fingerprint density at radius 1 is 0.828 bits per heavy atom. The van der Waals surface area contributed by atoms with Crippen molar-refractivity contribution in [3.63, 3.8) is 0 Å². The van der Waals surface area contributed by atoms with Crippen LogP contribution in [0.3, 0.4) is 0 Å². The van der Waals surface area contributed by atoms with Gasteiger partial charge >= 0.3 is 0 Å². The van der Waals surface area contributed by atoms with Crippen LogP contribution in [0.4, 0.5) is 0 Å². The minimum Gasteiger partial charge on any atom is -0.383 e. The van der Waals surface area contributed by atoms with Gasteiger partial charge in [-0.2, -0.15) is 10.2 Å². The van der Waals surface area contributed by atoms with Gasteiger partial charge in [0.2, 0.25) is 0 Å². The molecule has 0 atom stereocenters. The highest BCUT2D eigenvalue weighted by Crippen LogP contribution is 2.12. The average Bonchev–Trinajstić information content (AvgIpc) is 3.33. The first kappa shape index (κ1) is 21.0. The second kappa shape index (κ2) is 10.2. The lowest BCUT2D eigenvalue weighted by atomic mass is 10.3. The zero-order chi connectivity index (χ0) is 20.6. The number of nitrogens with zero attached hydrogens (tertiary/aromatic N) is 6. The van der Waals surface area contributed by atoms with Crippen LogP contribution in [-0.2, 0) is 22.6 Å². The van der Waals surface area contributed by atoms with Gasteiger partial charge in [-0.1, -0.05) is 0 Å². The van der Waals surface area contributed by atoms with Gasteiger partial charge in [0.15, 0.2) is 0 Å². The summed E-state index contributed by atoms with van der Waals surface area (Å²) in [7, 11) is 3.24. The first-order valence-corrected chi connectivity index (χ1v) is 9.75. The van der Waals surface area contributed by atoms with E-state index in [1.165, 1.54) is 0 Å². The summed E-state index contributed by atoms with van der Waals surface area (Å²) in [5, 5.41) is 8.42. The number of aromatic nitrogens is 4. The molecule has 1 aliphatic rings. The smallest absolute Gasteiger partial charge is 0.272 e. The largest absolute Gasteiger partial charge is 0.383 e. The lowest BCUT2D eigenvalue weighted by Crippen LogP contribution is -2.38. The van der Waals surface area contributed by atoms with Crippen molar-refractivity contribution in [1.29, 1.82) is 0 Å². The van der Waals surface area contributed by atoms with Crippen molar-refractivity contribution in [2.75, 3.05) is 53.6 Å². The van der Waals surface area contributed by atoms with Gasteiger partial charge < -0.3 is 19.3 Å². The molecule has 0 saturated carbocycles. The molecule has 0 unspecified atom stereocenters. The Hall–Kier alpha value is -2.72. The van der Waals surface area contributed by atoms with E-state index in [2.05, 4.69) is 10.2 Å².